The molecule has 2 saturated heterocycles. The minimum atomic E-state index is -3.09. The third-order valence-electron chi connectivity index (χ3n) is 3.78. The van der Waals surface area contributed by atoms with Gasteiger partial charge in [-0.3, -0.25) is 9.59 Å². The van der Waals surface area contributed by atoms with Gasteiger partial charge in [0.05, 0.1) is 17.5 Å². The number of carbonyl (C=O) groups is 2. The molecule has 2 fully saturated rings. The third-order valence-corrected chi connectivity index (χ3v) is 6.04. The number of sulfone groups is 1. The van der Waals surface area contributed by atoms with Crippen LogP contribution < -0.4 is 5.32 Å². The third kappa shape index (κ3) is 2.91. The van der Waals surface area contributed by atoms with Crippen molar-refractivity contribution in [1.82, 2.24) is 10.2 Å². The highest BCUT2D eigenvalue weighted by Crippen LogP contribution is 2.22. The molecule has 0 aromatic carbocycles. The van der Waals surface area contributed by atoms with Crippen LogP contribution in [0.15, 0.2) is 0 Å². The van der Waals surface area contributed by atoms with Gasteiger partial charge in [0.15, 0.2) is 9.84 Å². The lowest BCUT2D eigenvalue weighted by molar-refractivity contribution is -0.145. The summed E-state index contributed by atoms with van der Waals surface area (Å²) in [7, 11) is -3.09. The van der Waals surface area contributed by atoms with Gasteiger partial charge < -0.3 is 10.2 Å². The Kier molecular flexibility index (Phi) is 3.85. The fraction of sp³-hybridized carbons (Fsp3) is 0.833. The van der Waals surface area contributed by atoms with Gasteiger partial charge in [-0.2, -0.15) is 0 Å². The van der Waals surface area contributed by atoms with Crippen LogP contribution in [0.2, 0.25) is 0 Å². The van der Waals surface area contributed by atoms with Crippen LogP contribution in [0.1, 0.15) is 26.7 Å². The van der Waals surface area contributed by atoms with Crippen LogP contribution in [0.5, 0.6) is 0 Å². The van der Waals surface area contributed by atoms with Gasteiger partial charge in [-0.15, -0.1) is 0 Å². The van der Waals surface area contributed by atoms with E-state index >= 15 is 0 Å². The average molecular weight is 288 g/mol. The molecular weight excluding hydrogens is 268 g/mol. The predicted octanol–water partition coefficient (Wildman–Crippen LogP) is -0.453. The van der Waals surface area contributed by atoms with Crippen molar-refractivity contribution in [3.8, 4) is 0 Å². The van der Waals surface area contributed by atoms with Crippen LogP contribution >= 0.6 is 0 Å². The van der Waals surface area contributed by atoms with Gasteiger partial charge in [0.2, 0.25) is 11.8 Å². The summed E-state index contributed by atoms with van der Waals surface area (Å²) >= 11 is 0. The molecule has 108 valence electrons. The summed E-state index contributed by atoms with van der Waals surface area (Å²) < 4.78 is 23.6. The maximum Gasteiger partial charge on any atom is 0.245 e. The molecule has 2 unspecified atom stereocenters. The SMILES string of the molecule is CC(C)C1NC(=O)CN(CC2CCCS2(=O)=O)C1=O. The molecule has 6 nitrogen and oxygen atoms in total. The zero-order chi connectivity index (χ0) is 14.2. The zero-order valence-corrected chi connectivity index (χ0v) is 12.1. The summed E-state index contributed by atoms with van der Waals surface area (Å²) in [5.41, 5.74) is 0. The maximum absolute atomic E-state index is 12.2. The van der Waals surface area contributed by atoms with Crippen LogP contribution in [-0.2, 0) is 19.4 Å². The Hall–Kier alpha value is -1.11. The topological polar surface area (TPSA) is 83.6 Å². The van der Waals surface area contributed by atoms with Crippen molar-refractivity contribution in [2.75, 3.05) is 18.8 Å². The molecule has 0 radical (unpaired) electrons. The second-order valence-electron chi connectivity index (χ2n) is 5.64. The van der Waals surface area contributed by atoms with Gasteiger partial charge in [-0.1, -0.05) is 13.8 Å². The van der Waals surface area contributed by atoms with E-state index < -0.39 is 21.1 Å². The van der Waals surface area contributed by atoms with Gasteiger partial charge in [-0.25, -0.2) is 8.42 Å². The molecule has 0 aromatic heterocycles. The smallest absolute Gasteiger partial charge is 0.245 e. The van der Waals surface area contributed by atoms with Crippen LogP contribution in [0, 0.1) is 5.92 Å². The van der Waals surface area contributed by atoms with Gasteiger partial charge in [0, 0.05) is 6.54 Å². The average Bonchev–Trinajstić information content (AvgIpc) is 2.62. The lowest BCUT2D eigenvalue weighted by Crippen LogP contribution is -2.61. The minimum Gasteiger partial charge on any atom is -0.343 e. The highest BCUT2D eigenvalue weighted by molar-refractivity contribution is 7.92. The highest BCUT2D eigenvalue weighted by atomic mass is 32.2. The Labute approximate surface area is 113 Å². The van der Waals surface area contributed by atoms with Crippen LogP contribution in [0.4, 0.5) is 0 Å². The second-order valence-corrected chi connectivity index (χ2v) is 8.04. The number of nitrogens with zero attached hydrogens (tertiary/aromatic N) is 1. The quantitative estimate of drug-likeness (QED) is 0.762. The van der Waals surface area contributed by atoms with E-state index in [9.17, 15) is 18.0 Å². The second kappa shape index (κ2) is 5.11. The molecule has 0 bridgehead atoms. The van der Waals surface area contributed by atoms with Gasteiger partial charge in [-0.05, 0) is 18.8 Å². The summed E-state index contributed by atoms with van der Waals surface area (Å²) in [5.74, 6) is -0.190. The number of nitrogens with one attached hydrogen (secondary N) is 1. The summed E-state index contributed by atoms with van der Waals surface area (Å²) in [6, 6.07) is -0.537. The first-order chi connectivity index (χ1) is 8.81. The molecule has 2 aliphatic rings. The molecule has 2 atom stereocenters. The van der Waals surface area contributed by atoms with E-state index in [1.165, 1.54) is 4.90 Å². The van der Waals surface area contributed by atoms with E-state index in [2.05, 4.69) is 5.32 Å². The van der Waals surface area contributed by atoms with E-state index in [1.807, 2.05) is 13.8 Å². The molecule has 0 saturated carbocycles. The minimum absolute atomic E-state index is 0.000523. The Morgan fingerprint density at radius 1 is 1.37 bits per heavy atom. The number of rotatable bonds is 3. The number of amides is 2. The summed E-state index contributed by atoms with van der Waals surface area (Å²) in [4.78, 5) is 25.2. The molecule has 19 heavy (non-hydrogen) atoms. The molecule has 2 heterocycles. The van der Waals surface area contributed by atoms with Crippen molar-refractivity contribution in [1.29, 1.82) is 0 Å². The molecule has 0 spiro atoms. The first kappa shape index (κ1) is 14.3. The summed E-state index contributed by atoms with van der Waals surface area (Å²) in [6.07, 6.45) is 1.23. The Bertz CT molecular complexity index is 486. The first-order valence-electron chi connectivity index (χ1n) is 6.61. The van der Waals surface area contributed by atoms with E-state index in [4.69, 9.17) is 0 Å². The van der Waals surface area contributed by atoms with E-state index in [0.29, 0.717) is 12.8 Å². The predicted molar refractivity (Wildman–Crippen MR) is 70.2 cm³/mol. The molecule has 0 aliphatic carbocycles. The molecular formula is C12H20N2O4S. The van der Waals surface area contributed by atoms with Gasteiger partial charge in [0.1, 0.15) is 6.04 Å². The van der Waals surface area contributed by atoms with E-state index in [1.54, 1.807) is 0 Å². The standard InChI is InChI=1S/C12H20N2O4S/c1-8(2)11-12(16)14(7-10(15)13-11)6-9-4-3-5-19(9,17)18/h8-9,11H,3-7H2,1-2H3,(H,13,15). The summed E-state index contributed by atoms with van der Waals surface area (Å²) in [6.45, 7) is 3.84. The fourth-order valence-corrected chi connectivity index (χ4v) is 4.48. The number of hydrogen-bond acceptors (Lipinski definition) is 4. The van der Waals surface area contributed by atoms with E-state index in [0.717, 1.165) is 0 Å². The van der Waals surface area contributed by atoms with Gasteiger partial charge in [0.25, 0.3) is 0 Å². The molecule has 2 rings (SSSR count). The number of carbonyl (C=O) groups excluding carboxylic acids is 2. The van der Waals surface area contributed by atoms with Crippen molar-refractivity contribution < 1.29 is 18.0 Å². The largest absolute Gasteiger partial charge is 0.343 e. The van der Waals surface area contributed by atoms with Crippen molar-refractivity contribution in [2.45, 2.75) is 38.0 Å². The highest BCUT2D eigenvalue weighted by Gasteiger charge is 2.39. The van der Waals surface area contributed by atoms with Crippen LogP contribution in [0.25, 0.3) is 0 Å². The van der Waals surface area contributed by atoms with Crippen molar-refractivity contribution in [3.63, 3.8) is 0 Å². The molecule has 1 N–H and O–H groups in total. The Morgan fingerprint density at radius 3 is 2.58 bits per heavy atom. The first-order valence-corrected chi connectivity index (χ1v) is 8.32. The zero-order valence-electron chi connectivity index (χ0n) is 11.3. The monoisotopic (exact) mass is 288 g/mol. The maximum atomic E-state index is 12.2. The van der Waals surface area contributed by atoms with Crippen LogP contribution in [-0.4, -0.2) is 55.3 Å². The van der Waals surface area contributed by atoms with Gasteiger partial charge >= 0.3 is 0 Å². The molecule has 2 amide bonds. The normalized spacial score (nSPS) is 30.8. The molecule has 7 heteroatoms. The van der Waals surface area contributed by atoms with Crippen molar-refractivity contribution >= 4 is 21.7 Å². The molecule has 2 aliphatic heterocycles. The summed E-state index contributed by atoms with van der Waals surface area (Å²) in [5, 5.41) is 2.16. The van der Waals surface area contributed by atoms with Crippen LogP contribution in [0.3, 0.4) is 0 Å². The fourth-order valence-electron chi connectivity index (χ4n) is 2.64. The number of piperazine rings is 1. The number of hydrogen-bond donors (Lipinski definition) is 1. The lowest BCUT2D eigenvalue weighted by atomic mass is 10.0. The van der Waals surface area contributed by atoms with Crippen molar-refractivity contribution in [2.24, 2.45) is 5.92 Å². The van der Waals surface area contributed by atoms with E-state index in [-0.39, 0.29) is 36.6 Å². The Balaban J connectivity index is 2.11. The molecule has 0 aromatic rings. The Morgan fingerprint density at radius 2 is 2.05 bits per heavy atom. The lowest BCUT2D eigenvalue weighted by Gasteiger charge is -2.35. The van der Waals surface area contributed by atoms with Crippen molar-refractivity contribution in [3.05, 3.63) is 0 Å².